The standard InChI is InChI=1S/C13H14N2OS/c1-13(2,3)15-11(16)9-5-4-7-14(9)10-6-8-17-12(10)15/h4-8H,1-3H3. The molecule has 3 aromatic heterocycles. The van der Waals surface area contributed by atoms with Gasteiger partial charge in [0.25, 0.3) is 5.56 Å². The third kappa shape index (κ3) is 1.37. The second kappa shape index (κ2) is 3.23. The molecule has 0 bridgehead atoms. The third-order valence-corrected chi connectivity index (χ3v) is 3.82. The molecule has 0 amide bonds. The van der Waals surface area contributed by atoms with Crippen LogP contribution < -0.4 is 5.56 Å². The van der Waals surface area contributed by atoms with Crippen LogP contribution in [0, 0.1) is 0 Å². The van der Waals surface area contributed by atoms with Gasteiger partial charge in [0, 0.05) is 11.7 Å². The van der Waals surface area contributed by atoms with E-state index in [1.54, 1.807) is 11.3 Å². The van der Waals surface area contributed by atoms with Crippen molar-refractivity contribution in [2.45, 2.75) is 26.3 Å². The summed E-state index contributed by atoms with van der Waals surface area (Å²) in [7, 11) is 0. The van der Waals surface area contributed by atoms with E-state index in [0.717, 1.165) is 15.9 Å². The molecule has 0 aliphatic heterocycles. The Balaban J connectivity index is 2.66. The van der Waals surface area contributed by atoms with Crippen molar-refractivity contribution in [2.75, 3.05) is 0 Å². The van der Waals surface area contributed by atoms with E-state index in [2.05, 4.69) is 26.8 Å². The Bertz CT molecular complexity index is 755. The van der Waals surface area contributed by atoms with Crippen molar-refractivity contribution >= 4 is 27.2 Å². The summed E-state index contributed by atoms with van der Waals surface area (Å²) in [5, 5.41) is 2.03. The molecule has 88 valence electrons. The molecule has 0 aliphatic carbocycles. The van der Waals surface area contributed by atoms with Crippen molar-refractivity contribution in [1.29, 1.82) is 0 Å². The van der Waals surface area contributed by atoms with Crippen molar-refractivity contribution in [3.8, 4) is 0 Å². The maximum Gasteiger partial charge on any atom is 0.276 e. The molecule has 3 rings (SSSR count). The average Bonchev–Trinajstić information content (AvgIpc) is 2.80. The highest BCUT2D eigenvalue weighted by Gasteiger charge is 2.20. The van der Waals surface area contributed by atoms with Gasteiger partial charge in [-0.25, -0.2) is 0 Å². The molecule has 3 aromatic rings. The molecular weight excluding hydrogens is 232 g/mol. The monoisotopic (exact) mass is 246 g/mol. The molecule has 0 aromatic carbocycles. The highest BCUT2D eigenvalue weighted by molar-refractivity contribution is 7.16. The summed E-state index contributed by atoms with van der Waals surface area (Å²) < 4.78 is 3.86. The van der Waals surface area contributed by atoms with Gasteiger partial charge in [-0.2, -0.15) is 0 Å². The topological polar surface area (TPSA) is 26.4 Å². The highest BCUT2D eigenvalue weighted by Crippen LogP contribution is 2.25. The summed E-state index contributed by atoms with van der Waals surface area (Å²) in [5.74, 6) is 0. The van der Waals surface area contributed by atoms with E-state index in [1.807, 2.05) is 32.7 Å². The second-order valence-electron chi connectivity index (χ2n) is 5.19. The number of aromatic nitrogens is 2. The Morgan fingerprint density at radius 1 is 1.18 bits per heavy atom. The van der Waals surface area contributed by atoms with Gasteiger partial charge < -0.3 is 4.40 Å². The maximum absolute atomic E-state index is 12.5. The first-order valence-corrected chi connectivity index (χ1v) is 6.48. The van der Waals surface area contributed by atoms with Crippen LogP contribution in [0.2, 0.25) is 0 Å². The van der Waals surface area contributed by atoms with Crippen molar-refractivity contribution in [1.82, 2.24) is 8.97 Å². The van der Waals surface area contributed by atoms with Crippen molar-refractivity contribution in [3.05, 3.63) is 40.1 Å². The number of hydrogen-bond donors (Lipinski definition) is 0. The van der Waals surface area contributed by atoms with Crippen LogP contribution in [0.25, 0.3) is 15.9 Å². The molecule has 0 radical (unpaired) electrons. The molecule has 0 unspecified atom stereocenters. The highest BCUT2D eigenvalue weighted by atomic mass is 32.1. The predicted molar refractivity (Wildman–Crippen MR) is 72.0 cm³/mol. The van der Waals surface area contributed by atoms with Gasteiger partial charge in [0.1, 0.15) is 10.3 Å². The Hall–Kier alpha value is -1.55. The first kappa shape index (κ1) is 10.6. The minimum atomic E-state index is -0.202. The summed E-state index contributed by atoms with van der Waals surface area (Å²) >= 11 is 1.62. The summed E-state index contributed by atoms with van der Waals surface area (Å²) in [6, 6.07) is 5.86. The molecule has 0 fully saturated rings. The molecule has 17 heavy (non-hydrogen) atoms. The lowest BCUT2D eigenvalue weighted by Crippen LogP contribution is -2.34. The molecule has 0 saturated heterocycles. The molecule has 3 nitrogen and oxygen atoms in total. The molecule has 4 heteroatoms. The number of hydrogen-bond acceptors (Lipinski definition) is 2. The van der Waals surface area contributed by atoms with Gasteiger partial charge in [-0.1, -0.05) is 0 Å². The fourth-order valence-corrected chi connectivity index (χ4v) is 3.30. The minimum Gasteiger partial charge on any atom is -0.310 e. The zero-order valence-electron chi connectivity index (χ0n) is 10.1. The number of rotatable bonds is 0. The number of fused-ring (bicyclic) bond motifs is 3. The molecule has 0 N–H and O–H groups in total. The van der Waals surface area contributed by atoms with Crippen LogP contribution in [0.15, 0.2) is 34.6 Å². The Labute approximate surface area is 103 Å². The molecule has 0 spiro atoms. The fraction of sp³-hybridized carbons (Fsp3) is 0.308. The number of nitrogens with zero attached hydrogens (tertiary/aromatic N) is 2. The van der Waals surface area contributed by atoms with Crippen LogP contribution in [0.4, 0.5) is 0 Å². The van der Waals surface area contributed by atoms with E-state index < -0.39 is 0 Å². The van der Waals surface area contributed by atoms with E-state index in [-0.39, 0.29) is 11.1 Å². The molecule has 0 aliphatic rings. The summed E-state index contributed by atoms with van der Waals surface area (Å²) in [6.45, 7) is 6.19. The first-order valence-electron chi connectivity index (χ1n) is 5.60. The van der Waals surface area contributed by atoms with E-state index in [1.165, 1.54) is 0 Å². The quantitative estimate of drug-likeness (QED) is 0.598. The molecule has 0 saturated carbocycles. The lowest BCUT2D eigenvalue weighted by molar-refractivity contribution is 0.401. The van der Waals surface area contributed by atoms with Crippen LogP contribution >= 0.6 is 11.3 Å². The van der Waals surface area contributed by atoms with Crippen molar-refractivity contribution < 1.29 is 0 Å². The van der Waals surface area contributed by atoms with Crippen LogP contribution in [0.3, 0.4) is 0 Å². The van der Waals surface area contributed by atoms with Gasteiger partial charge in [0.05, 0.1) is 5.52 Å². The molecule has 3 heterocycles. The van der Waals surface area contributed by atoms with Crippen LogP contribution in [0.1, 0.15) is 20.8 Å². The lowest BCUT2D eigenvalue weighted by atomic mass is 10.1. The molecular formula is C13H14N2OS. The SMILES string of the molecule is CC(C)(C)n1c(=O)c2cccn2c2ccsc21. The fourth-order valence-electron chi connectivity index (χ4n) is 2.23. The van der Waals surface area contributed by atoms with Crippen LogP contribution in [-0.2, 0) is 5.54 Å². The van der Waals surface area contributed by atoms with E-state index in [9.17, 15) is 4.79 Å². The van der Waals surface area contributed by atoms with E-state index in [4.69, 9.17) is 0 Å². The second-order valence-corrected chi connectivity index (χ2v) is 6.08. The minimum absolute atomic E-state index is 0.0810. The van der Waals surface area contributed by atoms with Gasteiger partial charge in [0.15, 0.2) is 0 Å². The summed E-state index contributed by atoms with van der Waals surface area (Å²) in [5.41, 5.74) is 1.72. The van der Waals surface area contributed by atoms with Crippen molar-refractivity contribution in [2.24, 2.45) is 0 Å². The predicted octanol–water partition coefficient (Wildman–Crippen LogP) is 3.07. The normalized spacial score (nSPS) is 12.6. The van der Waals surface area contributed by atoms with E-state index >= 15 is 0 Å². The third-order valence-electron chi connectivity index (χ3n) is 2.93. The summed E-state index contributed by atoms with van der Waals surface area (Å²) in [4.78, 5) is 13.5. The summed E-state index contributed by atoms with van der Waals surface area (Å²) in [6.07, 6.45) is 1.94. The zero-order chi connectivity index (χ0) is 12.2. The Kier molecular flexibility index (Phi) is 2.01. The van der Waals surface area contributed by atoms with Crippen LogP contribution in [-0.4, -0.2) is 8.97 Å². The molecule has 0 atom stereocenters. The van der Waals surface area contributed by atoms with Crippen LogP contribution in [0.5, 0.6) is 0 Å². The average molecular weight is 246 g/mol. The maximum atomic E-state index is 12.5. The largest absolute Gasteiger partial charge is 0.310 e. The van der Waals surface area contributed by atoms with Gasteiger partial charge in [-0.05, 0) is 44.4 Å². The lowest BCUT2D eigenvalue weighted by Gasteiger charge is -2.23. The zero-order valence-corrected chi connectivity index (χ0v) is 10.9. The van der Waals surface area contributed by atoms with Gasteiger partial charge >= 0.3 is 0 Å². The smallest absolute Gasteiger partial charge is 0.276 e. The Morgan fingerprint density at radius 2 is 1.94 bits per heavy atom. The van der Waals surface area contributed by atoms with Crippen molar-refractivity contribution in [3.63, 3.8) is 0 Å². The van der Waals surface area contributed by atoms with E-state index in [0.29, 0.717) is 0 Å². The van der Waals surface area contributed by atoms with Gasteiger partial charge in [-0.15, -0.1) is 11.3 Å². The first-order chi connectivity index (χ1) is 8.00. The number of thiophene rings is 1. The Morgan fingerprint density at radius 3 is 2.65 bits per heavy atom. The van der Waals surface area contributed by atoms with Gasteiger partial charge in [-0.3, -0.25) is 9.36 Å². The van der Waals surface area contributed by atoms with Gasteiger partial charge in [0.2, 0.25) is 0 Å².